The van der Waals surface area contributed by atoms with Crippen molar-refractivity contribution >= 4 is 44.7 Å². The van der Waals surface area contributed by atoms with Gasteiger partial charge in [-0.05, 0) is 48.9 Å². The molecular formula is C20H20ClN5O3S. The van der Waals surface area contributed by atoms with Crippen molar-refractivity contribution in [1.29, 1.82) is 0 Å². The first-order valence-electron chi connectivity index (χ1n) is 8.88. The summed E-state index contributed by atoms with van der Waals surface area (Å²) in [6, 6.07) is 14.4. The molecule has 0 aliphatic rings. The Kier molecular flexibility index (Phi) is 6.23. The van der Waals surface area contributed by atoms with Gasteiger partial charge in [0.25, 0.3) is 15.9 Å². The lowest BCUT2D eigenvalue weighted by molar-refractivity contribution is 0.102. The molecule has 0 saturated carbocycles. The zero-order valence-electron chi connectivity index (χ0n) is 16.5. The molecule has 0 radical (unpaired) electrons. The number of nitrogens with zero attached hydrogens (tertiary/aromatic N) is 3. The van der Waals surface area contributed by atoms with Gasteiger partial charge in [0.1, 0.15) is 0 Å². The lowest BCUT2D eigenvalue weighted by Gasteiger charge is -2.13. The van der Waals surface area contributed by atoms with Crippen LogP contribution in [0, 0.1) is 6.92 Å². The van der Waals surface area contributed by atoms with E-state index in [4.69, 9.17) is 11.6 Å². The van der Waals surface area contributed by atoms with Gasteiger partial charge in [-0.15, -0.1) is 10.2 Å². The van der Waals surface area contributed by atoms with Crippen LogP contribution in [0.5, 0.6) is 0 Å². The van der Waals surface area contributed by atoms with Crippen molar-refractivity contribution in [1.82, 2.24) is 10.2 Å². The van der Waals surface area contributed by atoms with Crippen LogP contribution in [-0.2, 0) is 10.0 Å². The number of rotatable bonds is 6. The van der Waals surface area contributed by atoms with E-state index in [2.05, 4.69) is 20.2 Å². The number of amides is 1. The lowest BCUT2D eigenvalue weighted by Crippen LogP contribution is -2.18. The molecule has 10 heteroatoms. The van der Waals surface area contributed by atoms with Crippen LogP contribution in [0.2, 0.25) is 5.02 Å². The van der Waals surface area contributed by atoms with Gasteiger partial charge in [-0.3, -0.25) is 9.52 Å². The Morgan fingerprint density at radius 3 is 2.40 bits per heavy atom. The topological polar surface area (TPSA) is 104 Å². The largest absolute Gasteiger partial charge is 0.361 e. The van der Waals surface area contributed by atoms with Crippen LogP contribution < -0.4 is 14.9 Å². The van der Waals surface area contributed by atoms with E-state index in [1.54, 1.807) is 60.4 Å². The lowest BCUT2D eigenvalue weighted by atomic mass is 10.2. The second kappa shape index (κ2) is 8.68. The number of hydrogen-bond acceptors (Lipinski definition) is 6. The molecule has 1 heterocycles. The first-order valence-corrected chi connectivity index (χ1v) is 10.7. The van der Waals surface area contributed by atoms with E-state index in [-0.39, 0.29) is 21.3 Å². The highest BCUT2D eigenvalue weighted by Crippen LogP contribution is 2.27. The number of anilines is 3. The Labute approximate surface area is 179 Å². The molecule has 3 aromatic rings. The van der Waals surface area contributed by atoms with Crippen LogP contribution in [0.1, 0.15) is 16.1 Å². The van der Waals surface area contributed by atoms with Crippen molar-refractivity contribution in [3.8, 4) is 0 Å². The third-order valence-corrected chi connectivity index (χ3v) is 6.03. The maximum atomic E-state index is 12.9. The third kappa shape index (κ3) is 4.87. The molecular weight excluding hydrogens is 426 g/mol. The Morgan fingerprint density at radius 1 is 1.03 bits per heavy atom. The highest BCUT2D eigenvalue weighted by atomic mass is 35.5. The number of aryl methyl sites for hydroxylation is 1. The summed E-state index contributed by atoms with van der Waals surface area (Å²) in [6.07, 6.45) is 0. The fraction of sp³-hybridized carbons (Fsp3) is 0.150. The molecule has 0 unspecified atom stereocenters. The summed E-state index contributed by atoms with van der Waals surface area (Å²) in [5.41, 5.74) is 1.20. The number of carbonyl (C=O) groups is 1. The molecule has 0 spiro atoms. The van der Waals surface area contributed by atoms with E-state index in [9.17, 15) is 13.2 Å². The second-order valence-corrected chi connectivity index (χ2v) is 8.75. The summed E-state index contributed by atoms with van der Waals surface area (Å²) in [5.74, 6) is 0.111. The maximum Gasteiger partial charge on any atom is 0.276 e. The first-order chi connectivity index (χ1) is 14.2. The minimum Gasteiger partial charge on any atom is -0.361 e. The SMILES string of the molecule is Cc1ccc(NC(=O)c2ccc(N(C)C)nn2)cc1S(=O)(=O)Nc1ccccc1Cl. The van der Waals surface area contributed by atoms with Crippen LogP contribution in [0.3, 0.4) is 0 Å². The van der Waals surface area contributed by atoms with Gasteiger partial charge < -0.3 is 10.2 Å². The first kappa shape index (κ1) is 21.5. The summed E-state index contributed by atoms with van der Waals surface area (Å²) in [7, 11) is -0.295. The van der Waals surface area contributed by atoms with Gasteiger partial charge in [0.15, 0.2) is 11.5 Å². The summed E-state index contributed by atoms with van der Waals surface area (Å²) >= 11 is 6.06. The van der Waals surface area contributed by atoms with E-state index in [0.29, 0.717) is 17.1 Å². The Morgan fingerprint density at radius 2 is 1.77 bits per heavy atom. The highest BCUT2D eigenvalue weighted by molar-refractivity contribution is 7.92. The molecule has 0 aliphatic heterocycles. The molecule has 156 valence electrons. The molecule has 0 saturated heterocycles. The van der Waals surface area contributed by atoms with Crippen molar-refractivity contribution < 1.29 is 13.2 Å². The number of nitrogens with one attached hydrogen (secondary N) is 2. The minimum atomic E-state index is -3.92. The number of carbonyl (C=O) groups excluding carboxylic acids is 1. The number of aromatic nitrogens is 2. The zero-order valence-corrected chi connectivity index (χ0v) is 18.1. The molecule has 2 N–H and O–H groups in total. The van der Waals surface area contributed by atoms with Crippen LogP contribution in [0.15, 0.2) is 59.5 Å². The maximum absolute atomic E-state index is 12.9. The third-order valence-electron chi connectivity index (χ3n) is 4.20. The molecule has 30 heavy (non-hydrogen) atoms. The van der Waals surface area contributed by atoms with Crippen LogP contribution in [-0.4, -0.2) is 38.6 Å². The molecule has 8 nitrogen and oxygen atoms in total. The van der Waals surface area contributed by atoms with Gasteiger partial charge in [0.2, 0.25) is 0 Å². The molecule has 3 rings (SSSR count). The van der Waals surface area contributed by atoms with E-state index in [0.717, 1.165) is 0 Å². The quantitative estimate of drug-likeness (QED) is 0.601. The van der Waals surface area contributed by atoms with Gasteiger partial charge in [-0.1, -0.05) is 29.8 Å². The Hall–Kier alpha value is -3.17. The van der Waals surface area contributed by atoms with Gasteiger partial charge in [0.05, 0.1) is 15.6 Å². The van der Waals surface area contributed by atoms with Gasteiger partial charge in [-0.2, -0.15) is 0 Å². The normalized spacial score (nSPS) is 11.1. The second-order valence-electron chi connectivity index (χ2n) is 6.69. The van der Waals surface area contributed by atoms with E-state index >= 15 is 0 Å². The van der Waals surface area contributed by atoms with Gasteiger partial charge >= 0.3 is 0 Å². The molecule has 2 aromatic carbocycles. The molecule has 0 aliphatic carbocycles. The molecule has 1 aromatic heterocycles. The standard InChI is InChI=1S/C20H20ClN5O3S/c1-13-8-9-14(22-20(27)17-10-11-19(24-23-17)26(2)3)12-18(13)30(28,29)25-16-7-5-4-6-15(16)21/h4-12,25H,1-3H3,(H,22,27). The van der Waals surface area contributed by atoms with Crippen LogP contribution >= 0.6 is 11.6 Å². The van der Waals surface area contributed by atoms with Crippen molar-refractivity contribution in [2.75, 3.05) is 29.0 Å². The fourth-order valence-electron chi connectivity index (χ4n) is 2.59. The van der Waals surface area contributed by atoms with Gasteiger partial charge in [0, 0.05) is 19.8 Å². The van der Waals surface area contributed by atoms with Crippen molar-refractivity contribution in [2.24, 2.45) is 0 Å². The molecule has 0 atom stereocenters. The van der Waals surface area contributed by atoms with Gasteiger partial charge in [-0.25, -0.2) is 8.42 Å². The predicted molar refractivity (Wildman–Crippen MR) is 118 cm³/mol. The highest BCUT2D eigenvalue weighted by Gasteiger charge is 2.20. The van der Waals surface area contributed by atoms with Crippen molar-refractivity contribution in [3.63, 3.8) is 0 Å². The zero-order chi connectivity index (χ0) is 21.9. The number of benzene rings is 2. The molecule has 1 amide bonds. The number of hydrogen-bond donors (Lipinski definition) is 2. The average Bonchev–Trinajstić information content (AvgIpc) is 2.71. The fourth-order valence-corrected chi connectivity index (χ4v) is 4.18. The van der Waals surface area contributed by atoms with Crippen molar-refractivity contribution in [3.05, 3.63) is 70.9 Å². The summed E-state index contributed by atoms with van der Waals surface area (Å²) in [6.45, 7) is 1.66. The van der Waals surface area contributed by atoms with Crippen LogP contribution in [0.25, 0.3) is 0 Å². The summed E-state index contributed by atoms with van der Waals surface area (Å²) in [4.78, 5) is 14.3. The summed E-state index contributed by atoms with van der Waals surface area (Å²) in [5, 5.41) is 10.8. The van der Waals surface area contributed by atoms with E-state index < -0.39 is 15.9 Å². The smallest absolute Gasteiger partial charge is 0.276 e. The molecule has 0 fully saturated rings. The number of halogens is 1. The number of sulfonamides is 1. The van der Waals surface area contributed by atoms with E-state index in [1.165, 1.54) is 6.07 Å². The molecule has 0 bridgehead atoms. The Bertz CT molecular complexity index is 1180. The van der Waals surface area contributed by atoms with E-state index in [1.807, 2.05) is 14.1 Å². The van der Waals surface area contributed by atoms with Crippen LogP contribution in [0.4, 0.5) is 17.2 Å². The number of para-hydroxylation sites is 1. The van der Waals surface area contributed by atoms with Crippen molar-refractivity contribution in [2.45, 2.75) is 11.8 Å². The summed E-state index contributed by atoms with van der Waals surface area (Å²) < 4.78 is 28.2. The predicted octanol–water partition coefficient (Wildman–Crippen LogP) is 3.56. The minimum absolute atomic E-state index is 0.0225. The monoisotopic (exact) mass is 445 g/mol. The Balaban J connectivity index is 1.84. The average molecular weight is 446 g/mol.